The van der Waals surface area contributed by atoms with Crippen molar-refractivity contribution in [2.75, 3.05) is 17.2 Å². The monoisotopic (exact) mass is 219 g/mol. The van der Waals surface area contributed by atoms with E-state index in [-0.39, 0.29) is 0 Å². The average Bonchev–Trinajstić information content (AvgIpc) is 2.47. The van der Waals surface area contributed by atoms with Gasteiger partial charge in [-0.3, -0.25) is 0 Å². The summed E-state index contributed by atoms with van der Waals surface area (Å²) in [5, 5.41) is 0. The fourth-order valence-electron chi connectivity index (χ4n) is 2.37. The van der Waals surface area contributed by atoms with Crippen LogP contribution in [0.25, 0.3) is 0 Å². The van der Waals surface area contributed by atoms with Crippen molar-refractivity contribution in [2.45, 2.75) is 45.6 Å². The topological polar surface area (TPSA) is 42.2 Å². The summed E-state index contributed by atoms with van der Waals surface area (Å²) in [6, 6.07) is 2.53. The zero-order chi connectivity index (χ0) is 11.5. The Balaban J connectivity index is 2.30. The lowest BCUT2D eigenvalue weighted by molar-refractivity contribution is 0.612. The molecule has 1 unspecified atom stereocenters. The molecule has 2 heterocycles. The molecule has 1 aromatic heterocycles. The van der Waals surface area contributed by atoms with E-state index in [1.54, 1.807) is 0 Å². The van der Waals surface area contributed by atoms with Crippen molar-refractivity contribution in [3.63, 3.8) is 0 Å². The summed E-state index contributed by atoms with van der Waals surface area (Å²) < 4.78 is 0. The molecule has 0 aromatic carbocycles. The second kappa shape index (κ2) is 4.73. The highest BCUT2D eigenvalue weighted by Gasteiger charge is 2.20. The van der Waals surface area contributed by atoms with Crippen LogP contribution in [0.2, 0.25) is 0 Å². The van der Waals surface area contributed by atoms with E-state index >= 15 is 0 Å². The van der Waals surface area contributed by atoms with E-state index < -0.39 is 0 Å². The molecular weight excluding hydrogens is 198 g/mol. The first kappa shape index (κ1) is 11.2. The normalized spacial score (nSPS) is 21.9. The lowest BCUT2D eigenvalue weighted by Gasteiger charge is -2.29. The van der Waals surface area contributed by atoms with Gasteiger partial charge in [0.1, 0.15) is 0 Å². The van der Waals surface area contributed by atoms with Gasteiger partial charge in [-0.05, 0) is 38.3 Å². The number of rotatable bonds is 1. The molecule has 1 aromatic rings. The molecule has 0 radical (unpaired) electrons. The molecule has 0 bridgehead atoms. The molecule has 0 amide bonds. The van der Waals surface area contributed by atoms with Crippen molar-refractivity contribution < 1.29 is 0 Å². The van der Waals surface area contributed by atoms with Gasteiger partial charge in [0.15, 0.2) is 5.82 Å². The smallest absolute Gasteiger partial charge is 0.152 e. The van der Waals surface area contributed by atoms with Crippen LogP contribution in [0.15, 0.2) is 12.3 Å². The van der Waals surface area contributed by atoms with E-state index in [9.17, 15) is 0 Å². The van der Waals surface area contributed by atoms with Crippen LogP contribution in [-0.2, 0) is 0 Å². The number of pyridine rings is 1. The third-order valence-electron chi connectivity index (χ3n) is 3.51. The highest BCUT2D eigenvalue weighted by atomic mass is 15.2. The fraction of sp³-hybridized carbons (Fsp3) is 0.615. The molecule has 0 aliphatic carbocycles. The highest BCUT2D eigenvalue weighted by Crippen LogP contribution is 2.28. The van der Waals surface area contributed by atoms with Crippen molar-refractivity contribution in [3.8, 4) is 0 Å². The van der Waals surface area contributed by atoms with Crippen LogP contribution in [0.4, 0.5) is 11.5 Å². The predicted octanol–water partition coefficient (Wildman–Crippen LogP) is 2.74. The Morgan fingerprint density at radius 3 is 3.00 bits per heavy atom. The van der Waals surface area contributed by atoms with Crippen LogP contribution in [0.1, 0.15) is 38.2 Å². The van der Waals surface area contributed by atoms with Crippen LogP contribution in [0, 0.1) is 6.92 Å². The molecule has 3 nitrogen and oxygen atoms in total. The van der Waals surface area contributed by atoms with Gasteiger partial charge in [-0.25, -0.2) is 4.98 Å². The van der Waals surface area contributed by atoms with Crippen molar-refractivity contribution >= 4 is 11.5 Å². The van der Waals surface area contributed by atoms with Gasteiger partial charge in [0.2, 0.25) is 0 Å². The molecule has 1 aliphatic heterocycles. The first-order chi connectivity index (χ1) is 7.70. The van der Waals surface area contributed by atoms with Crippen molar-refractivity contribution in [3.05, 3.63) is 17.8 Å². The van der Waals surface area contributed by atoms with Gasteiger partial charge in [-0.15, -0.1) is 0 Å². The molecular formula is C13H21N3. The van der Waals surface area contributed by atoms with Crippen molar-refractivity contribution in [2.24, 2.45) is 0 Å². The number of aromatic nitrogens is 1. The quantitative estimate of drug-likeness (QED) is 0.789. The average molecular weight is 219 g/mol. The van der Waals surface area contributed by atoms with Crippen molar-refractivity contribution in [1.82, 2.24) is 4.98 Å². The SMILES string of the molecule is Cc1ccnc(N2CCCCCC2C)c1N. The number of nitrogens with two attached hydrogens (primary N) is 1. The Hall–Kier alpha value is -1.25. The minimum absolute atomic E-state index is 0.555. The number of hydrogen-bond acceptors (Lipinski definition) is 3. The molecule has 88 valence electrons. The van der Waals surface area contributed by atoms with E-state index in [4.69, 9.17) is 5.73 Å². The summed E-state index contributed by atoms with van der Waals surface area (Å²) in [4.78, 5) is 6.83. The molecule has 0 spiro atoms. The molecule has 1 atom stereocenters. The van der Waals surface area contributed by atoms with E-state index in [1.807, 2.05) is 19.2 Å². The number of anilines is 2. The largest absolute Gasteiger partial charge is 0.396 e. The number of aryl methyl sites for hydroxylation is 1. The van der Waals surface area contributed by atoms with Crippen molar-refractivity contribution in [1.29, 1.82) is 0 Å². The summed E-state index contributed by atoms with van der Waals surface area (Å²) in [7, 11) is 0. The molecule has 0 saturated carbocycles. The van der Waals surface area contributed by atoms with Gasteiger partial charge in [0, 0.05) is 18.8 Å². The van der Waals surface area contributed by atoms with Gasteiger partial charge < -0.3 is 10.6 Å². The number of nitrogens with zero attached hydrogens (tertiary/aromatic N) is 2. The lowest BCUT2D eigenvalue weighted by atomic mass is 10.1. The second-order valence-corrected chi connectivity index (χ2v) is 4.76. The molecule has 1 aliphatic rings. The third-order valence-corrected chi connectivity index (χ3v) is 3.51. The Kier molecular flexibility index (Phi) is 3.32. The summed E-state index contributed by atoms with van der Waals surface area (Å²) in [6.07, 6.45) is 7.00. The fourth-order valence-corrected chi connectivity index (χ4v) is 2.37. The third kappa shape index (κ3) is 2.13. The summed E-state index contributed by atoms with van der Waals surface area (Å²) in [5.74, 6) is 0.981. The lowest BCUT2D eigenvalue weighted by Crippen LogP contribution is -2.33. The first-order valence-corrected chi connectivity index (χ1v) is 6.18. The molecule has 2 rings (SSSR count). The maximum Gasteiger partial charge on any atom is 0.152 e. The van der Waals surface area contributed by atoms with Gasteiger partial charge in [-0.2, -0.15) is 0 Å². The van der Waals surface area contributed by atoms with Crippen LogP contribution in [0.3, 0.4) is 0 Å². The maximum atomic E-state index is 6.12. The van der Waals surface area contributed by atoms with Gasteiger partial charge in [-0.1, -0.05) is 12.8 Å². The van der Waals surface area contributed by atoms with E-state index in [0.29, 0.717) is 6.04 Å². The molecule has 1 saturated heterocycles. The van der Waals surface area contributed by atoms with Gasteiger partial charge in [0.05, 0.1) is 5.69 Å². The first-order valence-electron chi connectivity index (χ1n) is 6.18. The summed E-state index contributed by atoms with van der Waals surface area (Å²) >= 11 is 0. The summed E-state index contributed by atoms with van der Waals surface area (Å²) in [6.45, 7) is 5.40. The molecule has 2 N–H and O–H groups in total. The zero-order valence-electron chi connectivity index (χ0n) is 10.2. The highest BCUT2D eigenvalue weighted by molar-refractivity contribution is 5.66. The van der Waals surface area contributed by atoms with Crippen LogP contribution in [-0.4, -0.2) is 17.6 Å². The van der Waals surface area contributed by atoms with Crippen LogP contribution >= 0.6 is 0 Å². The summed E-state index contributed by atoms with van der Waals surface area (Å²) in [5.41, 5.74) is 8.09. The Morgan fingerprint density at radius 2 is 2.19 bits per heavy atom. The minimum Gasteiger partial charge on any atom is -0.396 e. The Bertz CT molecular complexity index is 362. The van der Waals surface area contributed by atoms with Crippen LogP contribution in [0.5, 0.6) is 0 Å². The second-order valence-electron chi connectivity index (χ2n) is 4.76. The molecule has 1 fully saturated rings. The molecule has 3 heteroatoms. The number of nitrogen functional groups attached to an aromatic ring is 1. The Labute approximate surface area is 97.7 Å². The van der Waals surface area contributed by atoms with E-state index in [0.717, 1.165) is 23.6 Å². The van der Waals surface area contributed by atoms with E-state index in [2.05, 4.69) is 16.8 Å². The predicted molar refractivity (Wildman–Crippen MR) is 68.7 cm³/mol. The van der Waals surface area contributed by atoms with E-state index in [1.165, 1.54) is 25.7 Å². The molecule has 16 heavy (non-hydrogen) atoms. The van der Waals surface area contributed by atoms with Gasteiger partial charge >= 0.3 is 0 Å². The zero-order valence-corrected chi connectivity index (χ0v) is 10.2. The maximum absolute atomic E-state index is 6.12. The van der Waals surface area contributed by atoms with Crippen LogP contribution < -0.4 is 10.6 Å². The van der Waals surface area contributed by atoms with Gasteiger partial charge in [0.25, 0.3) is 0 Å². The minimum atomic E-state index is 0.555. The number of hydrogen-bond donors (Lipinski definition) is 1. The Morgan fingerprint density at radius 1 is 1.38 bits per heavy atom. The standard InChI is InChI=1S/C13H21N3/c1-10-7-8-15-13(12(10)14)16-9-5-3-4-6-11(16)2/h7-8,11H,3-6,9,14H2,1-2H3.